The van der Waals surface area contributed by atoms with Gasteiger partial charge in [-0.2, -0.15) is 0 Å². The molecule has 2 aromatic rings. The highest BCUT2D eigenvalue weighted by atomic mass is 79.9. The van der Waals surface area contributed by atoms with Gasteiger partial charge in [0.25, 0.3) is 0 Å². The van der Waals surface area contributed by atoms with Crippen LogP contribution in [0.5, 0.6) is 5.75 Å². The number of rotatable bonds is 2. The van der Waals surface area contributed by atoms with E-state index in [4.69, 9.17) is 16.3 Å². The molecule has 0 aliphatic carbocycles. The minimum atomic E-state index is 0.221. The fourth-order valence-corrected chi connectivity index (χ4v) is 2.84. The van der Waals surface area contributed by atoms with Gasteiger partial charge in [0.1, 0.15) is 10.9 Å². The SMILES string of the molecule is Cc1cc(NC2CCOc3ccc(Br)cc32)cnc1Cl. The van der Waals surface area contributed by atoms with E-state index in [1.54, 1.807) is 6.20 Å². The van der Waals surface area contributed by atoms with Crippen molar-refractivity contribution in [2.24, 2.45) is 0 Å². The predicted molar refractivity (Wildman–Crippen MR) is 84.6 cm³/mol. The molecule has 0 bridgehead atoms. The summed E-state index contributed by atoms with van der Waals surface area (Å²) in [6, 6.07) is 8.33. The molecule has 5 heteroatoms. The van der Waals surface area contributed by atoms with Gasteiger partial charge in [-0.25, -0.2) is 4.98 Å². The number of benzene rings is 1. The van der Waals surface area contributed by atoms with Gasteiger partial charge in [-0.05, 0) is 36.8 Å². The predicted octanol–water partition coefficient (Wildman–Crippen LogP) is 4.74. The maximum absolute atomic E-state index is 5.96. The smallest absolute Gasteiger partial charge is 0.132 e. The molecule has 0 fully saturated rings. The molecule has 1 N–H and O–H groups in total. The summed E-state index contributed by atoms with van der Waals surface area (Å²) in [5.74, 6) is 0.940. The summed E-state index contributed by atoms with van der Waals surface area (Å²) in [5, 5.41) is 4.06. The number of aryl methyl sites for hydroxylation is 1. The molecule has 3 nitrogen and oxygen atoms in total. The molecule has 1 aliphatic heterocycles. The van der Waals surface area contributed by atoms with E-state index in [2.05, 4.69) is 32.3 Å². The summed E-state index contributed by atoms with van der Waals surface area (Å²) in [5.41, 5.74) is 3.11. The average Bonchev–Trinajstić information content (AvgIpc) is 2.44. The number of anilines is 1. The second-order valence-electron chi connectivity index (χ2n) is 4.85. The first kappa shape index (κ1) is 13.7. The highest BCUT2D eigenvalue weighted by molar-refractivity contribution is 9.10. The Hall–Kier alpha value is -1.26. The van der Waals surface area contributed by atoms with Crippen molar-refractivity contribution in [3.05, 3.63) is 51.2 Å². The standard InChI is InChI=1S/C15H14BrClN2O/c1-9-6-11(8-18-15(9)17)19-13-4-5-20-14-3-2-10(16)7-12(13)14/h2-3,6-8,13,19H,4-5H2,1H3. The molecule has 1 aliphatic rings. The maximum atomic E-state index is 5.96. The Morgan fingerprint density at radius 3 is 3.05 bits per heavy atom. The van der Waals surface area contributed by atoms with E-state index >= 15 is 0 Å². The number of hydrogen-bond acceptors (Lipinski definition) is 3. The molecule has 0 radical (unpaired) electrons. The molecule has 0 spiro atoms. The molecule has 2 heterocycles. The summed E-state index contributed by atoms with van der Waals surface area (Å²) in [6.07, 6.45) is 2.69. The monoisotopic (exact) mass is 352 g/mol. The third-order valence-electron chi connectivity index (χ3n) is 3.37. The van der Waals surface area contributed by atoms with Crippen LogP contribution in [-0.4, -0.2) is 11.6 Å². The number of nitrogens with zero attached hydrogens (tertiary/aromatic N) is 1. The summed E-state index contributed by atoms with van der Waals surface area (Å²) in [6.45, 7) is 2.67. The molecular weight excluding hydrogens is 340 g/mol. The lowest BCUT2D eigenvalue weighted by Gasteiger charge is -2.27. The third kappa shape index (κ3) is 2.76. The highest BCUT2D eigenvalue weighted by Crippen LogP contribution is 2.36. The van der Waals surface area contributed by atoms with Crippen molar-refractivity contribution >= 4 is 33.2 Å². The van der Waals surface area contributed by atoms with Gasteiger partial charge in [0.2, 0.25) is 0 Å². The van der Waals surface area contributed by atoms with Crippen molar-refractivity contribution < 1.29 is 4.74 Å². The van der Waals surface area contributed by atoms with Gasteiger partial charge >= 0.3 is 0 Å². The van der Waals surface area contributed by atoms with Gasteiger partial charge in [-0.1, -0.05) is 27.5 Å². The number of hydrogen-bond donors (Lipinski definition) is 1. The fraction of sp³-hybridized carbons (Fsp3) is 0.267. The van der Waals surface area contributed by atoms with E-state index in [0.29, 0.717) is 11.8 Å². The maximum Gasteiger partial charge on any atom is 0.132 e. The molecular formula is C15H14BrClN2O. The van der Waals surface area contributed by atoms with Gasteiger partial charge in [-0.15, -0.1) is 0 Å². The van der Waals surface area contributed by atoms with Crippen LogP contribution in [0.2, 0.25) is 5.15 Å². The zero-order chi connectivity index (χ0) is 14.1. The quantitative estimate of drug-likeness (QED) is 0.792. The Morgan fingerprint density at radius 2 is 2.25 bits per heavy atom. The average molecular weight is 354 g/mol. The first-order chi connectivity index (χ1) is 9.63. The Balaban J connectivity index is 1.89. The molecule has 0 amide bonds. The summed E-state index contributed by atoms with van der Waals surface area (Å²) >= 11 is 9.47. The summed E-state index contributed by atoms with van der Waals surface area (Å²) < 4.78 is 6.75. The van der Waals surface area contributed by atoms with Gasteiger partial charge < -0.3 is 10.1 Å². The number of nitrogens with one attached hydrogen (secondary N) is 1. The Labute approximate surface area is 131 Å². The van der Waals surface area contributed by atoms with Crippen molar-refractivity contribution in [1.82, 2.24) is 4.98 Å². The van der Waals surface area contributed by atoms with Crippen molar-refractivity contribution in [3.8, 4) is 5.75 Å². The number of halogens is 2. The molecule has 1 atom stereocenters. The van der Waals surface area contributed by atoms with Gasteiger partial charge in [0.05, 0.1) is 24.5 Å². The second kappa shape index (κ2) is 5.62. The zero-order valence-electron chi connectivity index (χ0n) is 11.0. The van der Waals surface area contributed by atoms with Gasteiger partial charge in [0.15, 0.2) is 0 Å². The van der Waals surface area contributed by atoms with Crippen molar-refractivity contribution in [1.29, 1.82) is 0 Å². The minimum Gasteiger partial charge on any atom is -0.493 e. The Bertz CT molecular complexity index is 648. The van der Waals surface area contributed by atoms with E-state index in [9.17, 15) is 0 Å². The molecule has 104 valence electrons. The van der Waals surface area contributed by atoms with Crippen LogP contribution in [0.4, 0.5) is 5.69 Å². The van der Waals surface area contributed by atoms with Crippen LogP contribution in [0.3, 0.4) is 0 Å². The van der Waals surface area contributed by atoms with E-state index < -0.39 is 0 Å². The van der Waals surface area contributed by atoms with Crippen molar-refractivity contribution in [2.75, 3.05) is 11.9 Å². The van der Waals surface area contributed by atoms with Crippen LogP contribution >= 0.6 is 27.5 Å². The zero-order valence-corrected chi connectivity index (χ0v) is 13.3. The van der Waals surface area contributed by atoms with Gasteiger partial charge in [0, 0.05) is 16.5 Å². The molecule has 1 aromatic heterocycles. The van der Waals surface area contributed by atoms with E-state index in [-0.39, 0.29) is 6.04 Å². The van der Waals surface area contributed by atoms with E-state index in [1.807, 2.05) is 25.1 Å². The number of pyridine rings is 1. The number of fused-ring (bicyclic) bond motifs is 1. The normalized spacial score (nSPS) is 17.2. The van der Waals surface area contributed by atoms with Crippen LogP contribution in [0.15, 0.2) is 34.9 Å². The minimum absolute atomic E-state index is 0.221. The molecule has 3 rings (SSSR count). The molecule has 1 unspecified atom stereocenters. The molecule has 1 aromatic carbocycles. The lowest BCUT2D eigenvalue weighted by atomic mass is 10.0. The largest absolute Gasteiger partial charge is 0.493 e. The van der Waals surface area contributed by atoms with Crippen LogP contribution in [-0.2, 0) is 0 Å². The lowest BCUT2D eigenvalue weighted by Crippen LogP contribution is -2.20. The Morgan fingerprint density at radius 1 is 1.40 bits per heavy atom. The van der Waals surface area contributed by atoms with Crippen LogP contribution < -0.4 is 10.1 Å². The molecule has 0 saturated heterocycles. The summed E-state index contributed by atoms with van der Waals surface area (Å²) in [7, 11) is 0. The first-order valence-electron chi connectivity index (χ1n) is 6.44. The molecule has 0 saturated carbocycles. The van der Waals surface area contributed by atoms with E-state index in [0.717, 1.165) is 27.9 Å². The van der Waals surface area contributed by atoms with Gasteiger partial charge in [-0.3, -0.25) is 0 Å². The number of aromatic nitrogens is 1. The number of ether oxygens (including phenoxy) is 1. The Kier molecular flexibility index (Phi) is 3.85. The topological polar surface area (TPSA) is 34.1 Å². The third-order valence-corrected chi connectivity index (χ3v) is 4.26. The van der Waals surface area contributed by atoms with Crippen molar-refractivity contribution in [3.63, 3.8) is 0 Å². The molecule has 20 heavy (non-hydrogen) atoms. The van der Waals surface area contributed by atoms with Crippen LogP contribution in [0, 0.1) is 6.92 Å². The lowest BCUT2D eigenvalue weighted by molar-refractivity contribution is 0.274. The van der Waals surface area contributed by atoms with E-state index in [1.165, 1.54) is 5.56 Å². The first-order valence-corrected chi connectivity index (χ1v) is 7.61. The summed E-state index contributed by atoms with van der Waals surface area (Å²) in [4.78, 5) is 4.18. The van der Waals surface area contributed by atoms with Crippen molar-refractivity contribution in [2.45, 2.75) is 19.4 Å². The van der Waals surface area contributed by atoms with Crippen LogP contribution in [0.25, 0.3) is 0 Å². The fourth-order valence-electron chi connectivity index (χ4n) is 2.35. The highest BCUT2D eigenvalue weighted by Gasteiger charge is 2.21. The van der Waals surface area contributed by atoms with Crippen LogP contribution in [0.1, 0.15) is 23.6 Å². The second-order valence-corrected chi connectivity index (χ2v) is 6.12.